The smallest absolute Gasteiger partial charge is 0.138 e. The van der Waals surface area contributed by atoms with E-state index in [2.05, 4.69) is 5.48 Å². The first-order valence-corrected chi connectivity index (χ1v) is 5.45. The van der Waals surface area contributed by atoms with Gasteiger partial charge in [0.1, 0.15) is 5.75 Å². The molecule has 82 valence electrons. The van der Waals surface area contributed by atoms with Gasteiger partial charge in [-0.1, -0.05) is 17.7 Å². The molecule has 0 unspecified atom stereocenters. The van der Waals surface area contributed by atoms with Gasteiger partial charge in [0.15, 0.2) is 0 Å². The van der Waals surface area contributed by atoms with Gasteiger partial charge in [0.2, 0.25) is 0 Å². The summed E-state index contributed by atoms with van der Waals surface area (Å²) in [4.78, 5) is 0. The summed E-state index contributed by atoms with van der Waals surface area (Å²) in [6.45, 7) is 1.15. The van der Waals surface area contributed by atoms with Gasteiger partial charge >= 0.3 is 0 Å². The van der Waals surface area contributed by atoms with Crippen molar-refractivity contribution in [1.82, 2.24) is 5.48 Å². The first-order valence-electron chi connectivity index (χ1n) is 5.08. The van der Waals surface area contributed by atoms with Gasteiger partial charge in [-0.25, -0.2) is 5.48 Å². The molecule has 0 spiro atoms. The van der Waals surface area contributed by atoms with Crippen LogP contribution in [0.3, 0.4) is 0 Å². The number of rotatable bonds is 5. The second-order valence-electron chi connectivity index (χ2n) is 3.85. The Morgan fingerprint density at radius 3 is 2.93 bits per heavy atom. The second-order valence-corrected chi connectivity index (χ2v) is 4.26. The van der Waals surface area contributed by atoms with E-state index in [-0.39, 0.29) is 0 Å². The molecule has 1 fully saturated rings. The Hall–Kier alpha value is -0.770. The topological polar surface area (TPSA) is 41.5 Å². The Kier molecular flexibility index (Phi) is 3.46. The lowest BCUT2D eigenvalue weighted by Gasteiger charge is -2.09. The van der Waals surface area contributed by atoms with Crippen LogP contribution in [0.4, 0.5) is 0 Å². The lowest BCUT2D eigenvalue weighted by Crippen LogP contribution is -2.06. The van der Waals surface area contributed by atoms with E-state index in [1.165, 1.54) is 12.8 Å². The van der Waals surface area contributed by atoms with Gasteiger partial charge in [-0.15, -0.1) is 0 Å². The van der Waals surface area contributed by atoms with Crippen molar-refractivity contribution in [2.75, 3.05) is 6.61 Å². The summed E-state index contributed by atoms with van der Waals surface area (Å²) in [7, 11) is 0. The van der Waals surface area contributed by atoms with E-state index in [4.69, 9.17) is 21.5 Å². The number of ether oxygens (including phenoxy) is 1. The highest BCUT2D eigenvalue weighted by Gasteiger charge is 2.22. The largest absolute Gasteiger partial charge is 0.492 e. The summed E-state index contributed by atoms with van der Waals surface area (Å²) < 4.78 is 5.61. The van der Waals surface area contributed by atoms with E-state index in [1.807, 2.05) is 12.1 Å². The van der Waals surface area contributed by atoms with Crippen molar-refractivity contribution in [2.24, 2.45) is 5.92 Å². The van der Waals surface area contributed by atoms with Crippen LogP contribution in [-0.2, 0) is 6.54 Å². The van der Waals surface area contributed by atoms with Crippen LogP contribution < -0.4 is 10.2 Å². The molecule has 2 N–H and O–H groups in total. The number of hydroxylamine groups is 1. The maximum Gasteiger partial charge on any atom is 0.138 e. The Morgan fingerprint density at radius 1 is 1.47 bits per heavy atom. The zero-order valence-corrected chi connectivity index (χ0v) is 9.13. The Balaban J connectivity index is 2.01. The summed E-state index contributed by atoms with van der Waals surface area (Å²) in [5, 5.41) is 9.21. The zero-order valence-electron chi connectivity index (χ0n) is 8.37. The van der Waals surface area contributed by atoms with E-state index in [9.17, 15) is 0 Å². The van der Waals surface area contributed by atoms with Gasteiger partial charge in [0.25, 0.3) is 0 Å². The average Bonchev–Trinajstić information content (AvgIpc) is 3.03. The minimum absolute atomic E-state index is 0.400. The Labute approximate surface area is 94.0 Å². The molecule has 0 heterocycles. The summed E-state index contributed by atoms with van der Waals surface area (Å²) in [5.41, 5.74) is 3.06. The average molecular weight is 228 g/mol. The van der Waals surface area contributed by atoms with E-state index in [0.717, 1.165) is 12.2 Å². The van der Waals surface area contributed by atoms with Crippen LogP contribution in [0.5, 0.6) is 5.75 Å². The first-order chi connectivity index (χ1) is 7.29. The van der Waals surface area contributed by atoms with Crippen molar-refractivity contribution in [3.8, 4) is 5.75 Å². The van der Waals surface area contributed by atoms with Crippen molar-refractivity contribution < 1.29 is 9.94 Å². The molecule has 0 radical (unpaired) electrons. The fourth-order valence-electron chi connectivity index (χ4n) is 1.35. The second kappa shape index (κ2) is 4.84. The number of benzene rings is 1. The molecule has 0 saturated heterocycles. The van der Waals surface area contributed by atoms with Crippen molar-refractivity contribution in [1.29, 1.82) is 0 Å². The van der Waals surface area contributed by atoms with E-state index < -0.39 is 0 Å². The van der Waals surface area contributed by atoms with Crippen molar-refractivity contribution in [3.63, 3.8) is 0 Å². The fourth-order valence-corrected chi connectivity index (χ4v) is 1.52. The minimum atomic E-state index is 0.400. The van der Waals surface area contributed by atoms with Gasteiger partial charge in [-0.05, 0) is 36.5 Å². The monoisotopic (exact) mass is 227 g/mol. The standard InChI is InChI=1S/C11H14ClNO2/c12-10-4-3-9(6-13-14)5-11(10)15-7-8-1-2-8/h3-5,8,13-14H,1-2,6-7H2. The third-order valence-electron chi connectivity index (χ3n) is 2.45. The molecular weight excluding hydrogens is 214 g/mol. The molecule has 15 heavy (non-hydrogen) atoms. The molecule has 0 atom stereocenters. The van der Waals surface area contributed by atoms with Crippen LogP contribution >= 0.6 is 11.6 Å². The fraction of sp³-hybridized carbons (Fsp3) is 0.455. The maximum absolute atomic E-state index is 8.58. The van der Waals surface area contributed by atoms with Crippen LogP contribution in [0.1, 0.15) is 18.4 Å². The van der Waals surface area contributed by atoms with Crippen LogP contribution in [-0.4, -0.2) is 11.8 Å². The lowest BCUT2D eigenvalue weighted by atomic mass is 10.2. The van der Waals surface area contributed by atoms with Gasteiger partial charge in [-0.3, -0.25) is 0 Å². The summed E-state index contributed by atoms with van der Waals surface area (Å²) in [6.07, 6.45) is 2.52. The van der Waals surface area contributed by atoms with Crippen LogP contribution in [0.2, 0.25) is 5.02 Å². The van der Waals surface area contributed by atoms with Crippen LogP contribution in [0, 0.1) is 5.92 Å². The predicted octanol–water partition coefficient (Wildman–Crippen LogP) is 2.61. The maximum atomic E-state index is 8.58. The van der Waals surface area contributed by atoms with E-state index in [0.29, 0.717) is 23.2 Å². The highest BCUT2D eigenvalue weighted by molar-refractivity contribution is 6.32. The molecule has 2 rings (SSSR count). The molecule has 0 bridgehead atoms. The quantitative estimate of drug-likeness (QED) is 0.760. The van der Waals surface area contributed by atoms with Crippen molar-refractivity contribution >= 4 is 11.6 Å². The normalized spacial score (nSPS) is 15.3. The van der Waals surface area contributed by atoms with Gasteiger partial charge in [0, 0.05) is 6.54 Å². The van der Waals surface area contributed by atoms with Crippen LogP contribution in [0.25, 0.3) is 0 Å². The van der Waals surface area contributed by atoms with Gasteiger partial charge in [-0.2, -0.15) is 0 Å². The molecule has 0 amide bonds. The SMILES string of the molecule is ONCc1ccc(Cl)c(OCC2CC2)c1. The molecular formula is C11H14ClNO2. The first kappa shape index (κ1) is 10.7. The molecule has 0 aromatic heterocycles. The summed E-state index contributed by atoms with van der Waals surface area (Å²) >= 11 is 5.99. The molecule has 3 nitrogen and oxygen atoms in total. The van der Waals surface area contributed by atoms with Gasteiger partial charge in [0.05, 0.1) is 11.6 Å². The van der Waals surface area contributed by atoms with Crippen LogP contribution in [0.15, 0.2) is 18.2 Å². The summed E-state index contributed by atoms with van der Waals surface area (Å²) in [6, 6.07) is 5.50. The third kappa shape index (κ3) is 3.09. The number of hydrogen-bond donors (Lipinski definition) is 2. The van der Waals surface area contributed by atoms with E-state index in [1.54, 1.807) is 6.07 Å². The molecule has 1 aromatic rings. The number of halogens is 1. The lowest BCUT2D eigenvalue weighted by molar-refractivity contribution is 0.161. The molecule has 0 aliphatic heterocycles. The highest BCUT2D eigenvalue weighted by Crippen LogP contribution is 2.32. The molecule has 1 aliphatic carbocycles. The molecule has 1 aliphatic rings. The Morgan fingerprint density at radius 2 is 2.27 bits per heavy atom. The molecule has 1 aromatic carbocycles. The van der Waals surface area contributed by atoms with Crippen molar-refractivity contribution in [3.05, 3.63) is 28.8 Å². The predicted molar refractivity (Wildman–Crippen MR) is 58.3 cm³/mol. The van der Waals surface area contributed by atoms with Gasteiger partial charge < -0.3 is 9.94 Å². The Bertz CT molecular complexity index is 339. The highest BCUT2D eigenvalue weighted by atomic mass is 35.5. The zero-order chi connectivity index (χ0) is 10.7. The molecule has 1 saturated carbocycles. The number of hydrogen-bond acceptors (Lipinski definition) is 3. The molecule has 4 heteroatoms. The third-order valence-corrected chi connectivity index (χ3v) is 2.76. The van der Waals surface area contributed by atoms with E-state index >= 15 is 0 Å². The summed E-state index contributed by atoms with van der Waals surface area (Å²) in [5.74, 6) is 1.41. The minimum Gasteiger partial charge on any atom is -0.492 e. The number of nitrogens with one attached hydrogen (secondary N) is 1. The van der Waals surface area contributed by atoms with Crippen molar-refractivity contribution in [2.45, 2.75) is 19.4 Å².